The number of aryl methyl sites for hydroxylation is 1. The molecule has 1 aromatic carbocycles. The molecule has 3 nitrogen and oxygen atoms in total. The zero-order valence-corrected chi connectivity index (χ0v) is 9.16. The molecule has 0 aliphatic heterocycles. The van der Waals surface area contributed by atoms with Crippen LogP contribution in [0.5, 0.6) is 0 Å². The summed E-state index contributed by atoms with van der Waals surface area (Å²) in [6, 6.07) is 8.28. The minimum atomic E-state index is -0.753. The molecule has 0 aromatic heterocycles. The fourth-order valence-electron chi connectivity index (χ4n) is 1.40. The molecule has 0 aliphatic rings. The lowest BCUT2D eigenvalue weighted by molar-refractivity contribution is -0.136. The number of nitrogens with one attached hydrogen (secondary N) is 1. The van der Waals surface area contributed by atoms with Crippen LogP contribution in [0.2, 0.25) is 0 Å². The number of aliphatic carboxylic acids is 1. The first-order chi connectivity index (χ1) is 7.08. The lowest BCUT2D eigenvalue weighted by atomic mass is 10.1. The average molecular weight is 207 g/mol. The van der Waals surface area contributed by atoms with Gasteiger partial charge in [0.05, 0.1) is 0 Å². The summed E-state index contributed by atoms with van der Waals surface area (Å²) in [4.78, 5) is 10.4. The molecule has 0 bridgehead atoms. The number of anilines is 1. The molecule has 0 saturated carbocycles. The fourth-order valence-corrected chi connectivity index (χ4v) is 1.40. The number of carboxylic acids is 1. The van der Waals surface area contributed by atoms with Gasteiger partial charge in [0.15, 0.2) is 0 Å². The lowest BCUT2D eigenvalue weighted by Gasteiger charge is -2.10. The Morgan fingerprint density at radius 2 is 2.20 bits per heavy atom. The molecule has 15 heavy (non-hydrogen) atoms. The molecule has 82 valence electrons. The topological polar surface area (TPSA) is 49.3 Å². The normalized spacial score (nSPS) is 10.3. The maximum atomic E-state index is 10.4. The summed E-state index contributed by atoms with van der Waals surface area (Å²) in [6.07, 6.45) is 0.772. The van der Waals surface area contributed by atoms with Gasteiger partial charge < -0.3 is 10.4 Å². The van der Waals surface area contributed by atoms with Crippen molar-refractivity contribution in [3.8, 4) is 0 Å². The second kappa shape index (κ2) is 5.39. The second-order valence-electron chi connectivity index (χ2n) is 3.89. The van der Waals surface area contributed by atoms with Crippen LogP contribution in [0.3, 0.4) is 0 Å². The Labute approximate surface area is 90.1 Å². The van der Waals surface area contributed by atoms with Crippen molar-refractivity contribution in [3.05, 3.63) is 29.8 Å². The summed E-state index contributed by atoms with van der Waals surface area (Å²) in [7, 11) is 0. The van der Waals surface area contributed by atoms with Crippen molar-refractivity contribution in [2.24, 2.45) is 0 Å². The SMILES string of the molecule is CC(C)Nc1cccc(CCC(=O)O)c1. The second-order valence-corrected chi connectivity index (χ2v) is 3.89. The first-order valence-corrected chi connectivity index (χ1v) is 5.15. The number of hydrogen-bond donors (Lipinski definition) is 2. The zero-order valence-electron chi connectivity index (χ0n) is 9.16. The summed E-state index contributed by atoms with van der Waals surface area (Å²) in [5, 5.41) is 11.9. The molecule has 0 spiro atoms. The maximum Gasteiger partial charge on any atom is 0.303 e. The van der Waals surface area contributed by atoms with Gasteiger partial charge in [-0.05, 0) is 38.0 Å². The molecular formula is C12H17NO2. The maximum absolute atomic E-state index is 10.4. The van der Waals surface area contributed by atoms with Crippen molar-refractivity contribution in [2.75, 3.05) is 5.32 Å². The van der Waals surface area contributed by atoms with Crippen LogP contribution < -0.4 is 5.32 Å². The van der Waals surface area contributed by atoms with E-state index < -0.39 is 5.97 Å². The highest BCUT2D eigenvalue weighted by Crippen LogP contribution is 2.13. The van der Waals surface area contributed by atoms with E-state index in [1.54, 1.807) is 0 Å². The lowest BCUT2D eigenvalue weighted by Crippen LogP contribution is -2.09. The molecule has 0 aliphatic carbocycles. The van der Waals surface area contributed by atoms with Crippen LogP contribution >= 0.6 is 0 Å². The first-order valence-electron chi connectivity index (χ1n) is 5.15. The van der Waals surface area contributed by atoms with Gasteiger partial charge in [-0.25, -0.2) is 0 Å². The standard InChI is InChI=1S/C12H17NO2/c1-9(2)13-11-5-3-4-10(8-11)6-7-12(14)15/h3-5,8-9,13H,6-7H2,1-2H3,(H,14,15). The van der Waals surface area contributed by atoms with E-state index in [9.17, 15) is 4.79 Å². The van der Waals surface area contributed by atoms with E-state index in [0.717, 1.165) is 11.3 Å². The van der Waals surface area contributed by atoms with Gasteiger partial charge in [-0.1, -0.05) is 12.1 Å². The fraction of sp³-hybridized carbons (Fsp3) is 0.417. The number of carbonyl (C=O) groups is 1. The van der Waals surface area contributed by atoms with Crippen molar-refractivity contribution >= 4 is 11.7 Å². The highest BCUT2D eigenvalue weighted by Gasteiger charge is 2.00. The third-order valence-corrected chi connectivity index (χ3v) is 2.01. The summed E-state index contributed by atoms with van der Waals surface area (Å²) in [5.41, 5.74) is 2.11. The molecule has 3 heteroatoms. The van der Waals surface area contributed by atoms with Gasteiger partial charge >= 0.3 is 5.97 Å². The summed E-state index contributed by atoms with van der Waals surface area (Å²) in [5.74, 6) is -0.753. The third kappa shape index (κ3) is 4.49. The average Bonchev–Trinajstić information content (AvgIpc) is 2.14. The Bertz CT molecular complexity index is 334. The number of rotatable bonds is 5. The summed E-state index contributed by atoms with van der Waals surface area (Å²) < 4.78 is 0. The summed E-state index contributed by atoms with van der Waals surface area (Å²) in [6.45, 7) is 4.15. The molecular weight excluding hydrogens is 190 g/mol. The predicted octanol–water partition coefficient (Wildman–Crippen LogP) is 2.52. The van der Waals surface area contributed by atoms with E-state index in [1.807, 2.05) is 24.3 Å². The number of carboxylic acid groups (broad SMARTS) is 1. The Hall–Kier alpha value is -1.51. The van der Waals surface area contributed by atoms with Gasteiger partial charge in [-0.15, -0.1) is 0 Å². The first kappa shape index (κ1) is 11.6. The molecule has 1 rings (SSSR count). The number of benzene rings is 1. The largest absolute Gasteiger partial charge is 0.481 e. The van der Waals surface area contributed by atoms with Crippen LogP contribution in [-0.2, 0) is 11.2 Å². The summed E-state index contributed by atoms with van der Waals surface area (Å²) >= 11 is 0. The van der Waals surface area contributed by atoms with Crippen molar-refractivity contribution in [1.29, 1.82) is 0 Å². The molecule has 0 radical (unpaired) electrons. The van der Waals surface area contributed by atoms with Crippen molar-refractivity contribution < 1.29 is 9.90 Å². The highest BCUT2D eigenvalue weighted by molar-refractivity contribution is 5.67. The molecule has 0 unspecified atom stereocenters. The number of hydrogen-bond acceptors (Lipinski definition) is 2. The van der Waals surface area contributed by atoms with E-state index in [1.165, 1.54) is 0 Å². The van der Waals surface area contributed by atoms with Gasteiger partial charge in [0, 0.05) is 18.2 Å². The quantitative estimate of drug-likeness (QED) is 0.780. The predicted molar refractivity (Wildman–Crippen MR) is 61.2 cm³/mol. The minimum absolute atomic E-state index is 0.186. The molecule has 0 amide bonds. The van der Waals surface area contributed by atoms with Crippen molar-refractivity contribution in [2.45, 2.75) is 32.7 Å². The van der Waals surface area contributed by atoms with Crippen LogP contribution in [0.25, 0.3) is 0 Å². The van der Waals surface area contributed by atoms with Crippen LogP contribution in [0, 0.1) is 0 Å². The van der Waals surface area contributed by atoms with Crippen LogP contribution in [-0.4, -0.2) is 17.1 Å². The molecule has 0 saturated heterocycles. The van der Waals surface area contributed by atoms with Gasteiger partial charge in [0.25, 0.3) is 0 Å². The Kier molecular flexibility index (Phi) is 4.16. The van der Waals surface area contributed by atoms with Gasteiger partial charge in [0.2, 0.25) is 0 Å². The Balaban J connectivity index is 2.61. The molecule has 1 aromatic rings. The van der Waals surface area contributed by atoms with Crippen LogP contribution in [0.4, 0.5) is 5.69 Å². The smallest absolute Gasteiger partial charge is 0.303 e. The van der Waals surface area contributed by atoms with Crippen molar-refractivity contribution in [3.63, 3.8) is 0 Å². The van der Waals surface area contributed by atoms with Gasteiger partial charge in [-0.2, -0.15) is 0 Å². The Morgan fingerprint density at radius 3 is 2.80 bits per heavy atom. The molecule has 2 N–H and O–H groups in total. The van der Waals surface area contributed by atoms with E-state index in [2.05, 4.69) is 19.2 Å². The van der Waals surface area contributed by atoms with Crippen molar-refractivity contribution in [1.82, 2.24) is 0 Å². The van der Waals surface area contributed by atoms with Gasteiger partial charge in [-0.3, -0.25) is 4.79 Å². The van der Waals surface area contributed by atoms with E-state index in [4.69, 9.17) is 5.11 Å². The van der Waals surface area contributed by atoms with Crippen LogP contribution in [0.1, 0.15) is 25.8 Å². The van der Waals surface area contributed by atoms with Gasteiger partial charge in [0.1, 0.15) is 0 Å². The van der Waals surface area contributed by atoms with E-state index in [-0.39, 0.29) is 6.42 Å². The monoisotopic (exact) mass is 207 g/mol. The molecule has 0 fully saturated rings. The molecule has 0 atom stereocenters. The zero-order chi connectivity index (χ0) is 11.3. The van der Waals surface area contributed by atoms with Crippen LogP contribution in [0.15, 0.2) is 24.3 Å². The molecule has 0 heterocycles. The Morgan fingerprint density at radius 1 is 1.47 bits per heavy atom. The van der Waals surface area contributed by atoms with E-state index in [0.29, 0.717) is 12.5 Å². The minimum Gasteiger partial charge on any atom is -0.481 e. The van der Waals surface area contributed by atoms with E-state index >= 15 is 0 Å². The highest BCUT2D eigenvalue weighted by atomic mass is 16.4. The third-order valence-electron chi connectivity index (χ3n) is 2.01.